The molecule has 0 unspecified atom stereocenters. The summed E-state index contributed by atoms with van der Waals surface area (Å²) < 4.78 is 6.87. The van der Waals surface area contributed by atoms with Gasteiger partial charge in [0.15, 0.2) is 5.17 Å². The zero-order chi connectivity index (χ0) is 18.6. The van der Waals surface area contributed by atoms with E-state index >= 15 is 0 Å². The van der Waals surface area contributed by atoms with E-state index in [1.165, 1.54) is 11.8 Å². The minimum Gasteiger partial charge on any atom is -0.457 e. The molecule has 134 valence electrons. The van der Waals surface area contributed by atoms with Crippen LogP contribution in [0.3, 0.4) is 0 Å². The third-order valence-corrected chi connectivity index (χ3v) is 5.40. The van der Waals surface area contributed by atoms with E-state index in [4.69, 9.17) is 4.42 Å². The average molecular weight is 439 g/mol. The number of thioether (sulfide) groups is 1. The summed E-state index contributed by atoms with van der Waals surface area (Å²) >= 11 is 4.75. The van der Waals surface area contributed by atoms with Crippen molar-refractivity contribution < 1.29 is 9.21 Å². The third kappa shape index (κ3) is 4.40. The smallest absolute Gasteiger partial charge is 0.264 e. The number of benzene rings is 2. The van der Waals surface area contributed by atoms with Crippen LogP contribution in [0.4, 0.5) is 0 Å². The maximum Gasteiger partial charge on any atom is 0.264 e. The SMILES string of the molecule is O=C1NC(=NCc2ccccc2)S/C1=C\c1ccc(-c2ccc(Br)cc2)o1. The summed E-state index contributed by atoms with van der Waals surface area (Å²) in [6.07, 6.45) is 1.74. The highest BCUT2D eigenvalue weighted by Crippen LogP contribution is 2.29. The van der Waals surface area contributed by atoms with Crippen LogP contribution in [-0.4, -0.2) is 11.1 Å². The van der Waals surface area contributed by atoms with Crippen LogP contribution in [0, 0.1) is 0 Å². The molecule has 1 fully saturated rings. The summed E-state index contributed by atoms with van der Waals surface area (Å²) in [6, 6.07) is 21.6. The van der Waals surface area contributed by atoms with Crippen LogP contribution < -0.4 is 5.32 Å². The van der Waals surface area contributed by atoms with Gasteiger partial charge in [-0.15, -0.1) is 0 Å². The summed E-state index contributed by atoms with van der Waals surface area (Å²) in [4.78, 5) is 17.2. The number of amides is 1. The molecule has 0 bridgehead atoms. The molecule has 1 aromatic heterocycles. The van der Waals surface area contributed by atoms with Crippen molar-refractivity contribution in [1.82, 2.24) is 5.32 Å². The van der Waals surface area contributed by atoms with Crippen molar-refractivity contribution in [3.63, 3.8) is 0 Å². The van der Waals surface area contributed by atoms with Crippen molar-refractivity contribution in [2.45, 2.75) is 6.54 Å². The molecule has 0 aliphatic carbocycles. The Morgan fingerprint density at radius 1 is 1.04 bits per heavy atom. The number of hydrogen-bond donors (Lipinski definition) is 1. The Hall–Kier alpha value is -2.57. The molecule has 1 amide bonds. The van der Waals surface area contributed by atoms with Crippen LogP contribution in [0.15, 0.2) is 85.5 Å². The zero-order valence-corrected chi connectivity index (χ0v) is 16.6. The summed E-state index contributed by atoms with van der Waals surface area (Å²) in [6.45, 7) is 0.533. The lowest BCUT2D eigenvalue weighted by atomic mass is 10.2. The molecule has 1 aliphatic heterocycles. The van der Waals surface area contributed by atoms with Gasteiger partial charge in [-0.1, -0.05) is 58.4 Å². The molecule has 0 spiro atoms. The molecule has 27 heavy (non-hydrogen) atoms. The summed E-state index contributed by atoms with van der Waals surface area (Å²) in [7, 11) is 0. The minimum absolute atomic E-state index is 0.159. The number of nitrogens with one attached hydrogen (secondary N) is 1. The number of amidine groups is 1. The fourth-order valence-corrected chi connectivity index (χ4v) is 3.64. The molecule has 0 atom stereocenters. The number of aliphatic imine (C=N–C) groups is 1. The lowest BCUT2D eigenvalue weighted by Crippen LogP contribution is -2.19. The molecule has 2 heterocycles. The maximum atomic E-state index is 12.2. The van der Waals surface area contributed by atoms with Crippen LogP contribution in [0.2, 0.25) is 0 Å². The first-order chi connectivity index (χ1) is 13.2. The predicted octanol–water partition coefficient (Wildman–Crippen LogP) is 5.47. The van der Waals surface area contributed by atoms with Gasteiger partial charge in [0, 0.05) is 16.1 Å². The van der Waals surface area contributed by atoms with Gasteiger partial charge in [0.05, 0.1) is 11.4 Å². The van der Waals surface area contributed by atoms with Gasteiger partial charge in [0.25, 0.3) is 5.91 Å². The normalized spacial score (nSPS) is 16.9. The Kier molecular flexibility index (Phi) is 5.27. The Balaban J connectivity index is 1.48. The average Bonchev–Trinajstić information content (AvgIpc) is 3.29. The Morgan fingerprint density at radius 3 is 2.59 bits per heavy atom. The largest absolute Gasteiger partial charge is 0.457 e. The van der Waals surface area contributed by atoms with E-state index in [9.17, 15) is 4.79 Å². The second-order valence-corrected chi connectivity index (χ2v) is 7.83. The number of carbonyl (C=O) groups is 1. The van der Waals surface area contributed by atoms with Crippen molar-refractivity contribution in [1.29, 1.82) is 0 Å². The second kappa shape index (κ2) is 7.98. The number of furan rings is 1. The number of carbonyl (C=O) groups excluding carboxylic acids is 1. The summed E-state index contributed by atoms with van der Waals surface area (Å²) in [5.41, 5.74) is 2.08. The number of nitrogens with zero attached hydrogens (tertiary/aromatic N) is 1. The first-order valence-corrected chi connectivity index (χ1v) is 9.93. The summed E-state index contributed by atoms with van der Waals surface area (Å²) in [5.74, 6) is 1.24. The van der Waals surface area contributed by atoms with Crippen molar-refractivity contribution in [3.05, 3.63) is 87.4 Å². The van der Waals surface area contributed by atoms with E-state index in [2.05, 4.69) is 26.2 Å². The van der Waals surface area contributed by atoms with Gasteiger partial charge in [-0.25, -0.2) is 0 Å². The van der Waals surface area contributed by atoms with Gasteiger partial charge in [-0.2, -0.15) is 0 Å². The molecule has 0 radical (unpaired) electrons. The first kappa shape index (κ1) is 17.8. The van der Waals surface area contributed by atoms with E-state index in [0.29, 0.717) is 22.4 Å². The van der Waals surface area contributed by atoms with E-state index in [0.717, 1.165) is 21.4 Å². The zero-order valence-electron chi connectivity index (χ0n) is 14.2. The third-order valence-electron chi connectivity index (χ3n) is 3.93. The molecule has 1 aliphatic rings. The first-order valence-electron chi connectivity index (χ1n) is 8.32. The van der Waals surface area contributed by atoms with Gasteiger partial charge in [0.1, 0.15) is 11.5 Å². The minimum atomic E-state index is -0.159. The van der Waals surface area contributed by atoms with Crippen LogP contribution in [0.25, 0.3) is 17.4 Å². The highest BCUT2D eigenvalue weighted by Gasteiger charge is 2.24. The molecule has 2 aromatic carbocycles. The van der Waals surface area contributed by atoms with Gasteiger partial charge >= 0.3 is 0 Å². The molecule has 4 nitrogen and oxygen atoms in total. The lowest BCUT2D eigenvalue weighted by Gasteiger charge is -1.97. The van der Waals surface area contributed by atoms with E-state index in [-0.39, 0.29) is 5.91 Å². The van der Waals surface area contributed by atoms with Crippen molar-refractivity contribution >= 4 is 44.8 Å². The predicted molar refractivity (Wildman–Crippen MR) is 113 cm³/mol. The second-order valence-electron chi connectivity index (χ2n) is 5.88. The highest BCUT2D eigenvalue weighted by molar-refractivity contribution is 9.10. The topological polar surface area (TPSA) is 54.6 Å². The quantitative estimate of drug-likeness (QED) is 0.549. The Labute approximate surface area is 169 Å². The van der Waals surface area contributed by atoms with Crippen molar-refractivity contribution in [3.8, 4) is 11.3 Å². The Morgan fingerprint density at radius 2 is 1.81 bits per heavy atom. The number of rotatable bonds is 4. The highest BCUT2D eigenvalue weighted by atomic mass is 79.9. The van der Waals surface area contributed by atoms with Crippen molar-refractivity contribution in [2.24, 2.45) is 4.99 Å². The molecule has 0 saturated carbocycles. The van der Waals surface area contributed by atoms with Crippen LogP contribution in [0.1, 0.15) is 11.3 Å². The molecule has 1 saturated heterocycles. The van der Waals surface area contributed by atoms with E-state index in [1.807, 2.05) is 66.7 Å². The Bertz CT molecular complexity index is 1020. The molecular weight excluding hydrogens is 424 g/mol. The standard InChI is InChI=1S/C21H15BrN2O2S/c22-16-8-6-15(7-9-16)18-11-10-17(26-18)12-19-20(25)24-21(27-19)23-13-14-4-2-1-3-5-14/h1-12H,13H2,(H,23,24,25)/b19-12-. The number of halogens is 1. The van der Waals surface area contributed by atoms with Crippen LogP contribution in [0.5, 0.6) is 0 Å². The molecule has 1 N–H and O–H groups in total. The number of hydrogen-bond acceptors (Lipinski definition) is 4. The van der Waals surface area contributed by atoms with Crippen LogP contribution >= 0.6 is 27.7 Å². The van der Waals surface area contributed by atoms with Gasteiger partial charge < -0.3 is 9.73 Å². The van der Waals surface area contributed by atoms with Crippen molar-refractivity contribution in [2.75, 3.05) is 0 Å². The monoisotopic (exact) mass is 438 g/mol. The van der Waals surface area contributed by atoms with E-state index in [1.54, 1.807) is 6.08 Å². The van der Waals surface area contributed by atoms with Gasteiger partial charge in [0.2, 0.25) is 0 Å². The fraction of sp³-hybridized carbons (Fsp3) is 0.0476. The van der Waals surface area contributed by atoms with Gasteiger partial charge in [-0.05, 0) is 41.6 Å². The summed E-state index contributed by atoms with van der Waals surface area (Å²) in [5, 5.41) is 3.40. The fourth-order valence-electron chi connectivity index (χ4n) is 2.58. The molecule has 4 rings (SSSR count). The molecule has 6 heteroatoms. The maximum absolute atomic E-state index is 12.2. The molecule has 3 aromatic rings. The van der Waals surface area contributed by atoms with Gasteiger partial charge in [-0.3, -0.25) is 9.79 Å². The lowest BCUT2D eigenvalue weighted by molar-refractivity contribution is -0.115. The van der Waals surface area contributed by atoms with Crippen LogP contribution in [-0.2, 0) is 11.3 Å². The van der Waals surface area contributed by atoms with E-state index < -0.39 is 0 Å². The molecular formula is C21H15BrN2O2S.